The van der Waals surface area contributed by atoms with Crippen molar-refractivity contribution in [2.45, 2.75) is 40.9 Å². The van der Waals surface area contributed by atoms with E-state index in [1.807, 2.05) is 54.6 Å². The quantitative estimate of drug-likeness (QED) is 0.0854. The molecule has 0 saturated carbocycles. The molecule has 0 aliphatic carbocycles. The zero-order valence-electron chi connectivity index (χ0n) is 24.4. The van der Waals surface area contributed by atoms with Gasteiger partial charge in [-0.05, 0) is 80.4 Å². The van der Waals surface area contributed by atoms with Gasteiger partial charge in [0, 0.05) is 17.1 Å². The van der Waals surface area contributed by atoms with Crippen LogP contribution in [0.3, 0.4) is 0 Å². The first-order valence-corrected chi connectivity index (χ1v) is 16.5. The molecule has 7 rings (SSSR count). The fourth-order valence-electron chi connectivity index (χ4n) is 5.26. The van der Waals surface area contributed by atoms with E-state index in [4.69, 9.17) is 4.18 Å². The van der Waals surface area contributed by atoms with Crippen molar-refractivity contribution in [3.63, 3.8) is 0 Å². The zero-order valence-corrected chi connectivity index (χ0v) is 26.1. The molecule has 7 aromatic rings. The van der Waals surface area contributed by atoms with E-state index >= 15 is 0 Å². The molecule has 0 N–H and O–H groups in total. The van der Waals surface area contributed by atoms with Gasteiger partial charge in [0.25, 0.3) is 0 Å². The van der Waals surface area contributed by atoms with Gasteiger partial charge in [-0.1, -0.05) is 118 Å². The summed E-state index contributed by atoms with van der Waals surface area (Å²) in [6.45, 7) is 6.35. The largest absolute Gasteiger partial charge is 0.379 e. The Hall–Kier alpha value is -4.32. The van der Waals surface area contributed by atoms with Gasteiger partial charge in [0.1, 0.15) is 10.6 Å². The van der Waals surface area contributed by atoms with Gasteiger partial charge in [-0.25, -0.2) is 0 Å². The van der Waals surface area contributed by atoms with Crippen molar-refractivity contribution < 1.29 is 12.6 Å². The van der Waals surface area contributed by atoms with E-state index in [0.717, 1.165) is 32.5 Å². The van der Waals surface area contributed by atoms with Crippen molar-refractivity contribution >= 4 is 54.2 Å². The second kappa shape index (κ2) is 11.8. The van der Waals surface area contributed by atoms with Crippen molar-refractivity contribution in [2.75, 3.05) is 0 Å². The van der Waals surface area contributed by atoms with Crippen LogP contribution in [-0.4, -0.2) is 8.42 Å². The number of benzene rings is 7. The molecule has 3 nitrogen and oxygen atoms in total. The zero-order chi connectivity index (χ0) is 30.0. The maximum absolute atomic E-state index is 13.2. The van der Waals surface area contributed by atoms with E-state index < -0.39 is 10.1 Å². The standard InChI is InChI=1S/C26H22O3S.C12H10S/c1-26(2,3)20-11-13-21(14-12-20)29-30(27,28)23-16-10-19-8-7-17-5-4-6-18-9-15-22(23)25(19)24(17)18;1-3-7-11(8-4-1)13-12-9-5-2-6-10-12/h4-16H,1-3H3;1-10H/p+1. The summed E-state index contributed by atoms with van der Waals surface area (Å²) in [5.41, 5.74) is 1.11. The summed E-state index contributed by atoms with van der Waals surface area (Å²) in [4.78, 5) is 2.87. The van der Waals surface area contributed by atoms with Gasteiger partial charge in [-0.2, -0.15) is 8.42 Å². The summed E-state index contributed by atoms with van der Waals surface area (Å²) >= 11 is 1.28. The topological polar surface area (TPSA) is 43.4 Å². The van der Waals surface area contributed by atoms with Crippen LogP contribution in [0.25, 0.3) is 32.3 Å². The number of rotatable bonds is 5. The van der Waals surface area contributed by atoms with Crippen molar-refractivity contribution in [1.29, 1.82) is 0 Å². The van der Waals surface area contributed by atoms with E-state index in [1.54, 1.807) is 18.2 Å². The van der Waals surface area contributed by atoms with E-state index in [9.17, 15) is 8.42 Å². The minimum Gasteiger partial charge on any atom is -0.379 e. The molecule has 0 aliphatic heterocycles. The summed E-state index contributed by atoms with van der Waals surface area (Å²) in [6.07, 6.45) is 0. The fourth-order valence-corrected chi connectivity index (χ4v) is 7.33. The number of hydrogen-bond donors (Lipinski definition) is 0. The Morgan fingerprint density at radius 2 is 1.05 bits per heavy atom. The summed E-state index contributed by atoms with van der Waals surface area (Å²) in [6, 6.07) is 45.8. The Balaban J connectivity index is 0.000000211. The lowest BCUT2D eigenvalue weighted by atomic mass is 9.87. The van der Waals surface area contributed by atoms with Gasteiger partial charge >= 0.3 is 10.1 Å². The van der Waals surface area contributed by atoms with Crippen molar-refractivity contribution in [3.05, 3.63) is 145 Å². The molecule has 0 aliphatic rings. The van der Waals surface area contributed by atoms with E-state index in [-0.39, 0.29) is 10.3 Å². The first-order chi connectivity index (χ1) is 20.7. The average molecular weight is 602 g/mol. The maximum Gasteiger partial charge on any atom is 0.339 e. The van der Waals surface area contributed by atoms with Gasteiger partial charge < -0.3 is 4.18 Å². The first kappa shape index (κ1) is 28.8. The monoisotopic (exact) mass is 601 g/mol. The molecule has 43 heavy (non-hydrogen) atoms. The molecule has 7 aromatic carbocycles. The average Bonchev–Trinajstić information content (AvgIpc) is 3.01. The van der Waals surface area contributed by atoms with Gasteiger partial charge in [0.05, 0.1) is 0 Å². The fraction of sp³-hybridized carbons (Fsp3) is 0.105. The van der Waals surface area contributed by atoms with E-state index in [1.165, 1.54) is 21.6 Å². The van der Waals surface area contributed by atoms with Crippen molar-refractivity contribution in [3.8, 4) is 5.75 Å². The molecule has 214 valence electrons. The molecule has 0 atom stereocenters. The molecular formula is C38H33O3S2+. The van der Waals surface area contributed by atoms with Crippen LogP contribution in [0.2, 0.25) is 0 Å². The predicted molar refractivity (Wildman–Crippen MR) is 181 cm³/mol. The number of thiol groups is 1. The molecule has 0 spiro atoms. The Bertz CT molecular complexity index is 2040. The SMILES string of the molecule is CC(C)(C)c1ccc(OS(=O)(=O)c2ccc3ccc4cccc5ccc2c3c45)cc1.c1ccc([SH+]c2ccccc2)cc1. The van der Waals surface area contributed by atoms with Crippen LogP contribution >= 0.6 is 0 Å². The minimum atomic E-state index is -3.99. The lowest BCUT2D eigenvalue weighted by Gasteiger charge is -2.19. The molecule has 0 saturated heterocycles. The van der Waals surface area contributed by atoms with E-state index in [2.05, 4.69) is 87.5 Å². The summed E-state index contributed by atoms with van der Waals surface area (Å²) in [7, 11) is -3.99. The van der Waals surface area contributed by atoms with Crippen LogP contribution in [0.5, 0.6) is 5.75 Å². The van der Waals surface area contributed by atoms with Gasteiger partial charge in [-0.3, -0.25) is 0 Å². The first-order valence-electron chi connectivity index (χ1n) is 14.2. The molecule has 0 unspecified atom stereocenters. The smallest absolute Gasteiger partial charge is 0.339 e. The van der Waals surface area contributed by atoms with Gasteiger partial charge in [-0.15, -0.1) is 0 Å². The van der Waals surface area contributed by atoms with Crippen LogP contribution in [0.15, 0.2) is 154 Å². The normalized spacial score (nSPS) is 11.9. The summed E-state index contributed by atoms with van der Waals surface area (Å²) < 4.78 is 31.9. The summed E-state index contributed by atoms with van der Waals surface area (Å²) in [5, 5.41) is 5.93. The van der Waals surface area contributed by atoms with Crippen LogP contribution in [0.4, 0.5) is 0 Å². The van der Waals surface area contributed by atoms with Crippen LogP contribution in [-0.2, 0) is 27.3 Å². The predicted octanol–water partition coefficient (Wildman–Crippen LogP) is 9.57. The molecule has 0 heterocycles. The lowest BCUT2D eigenvalue weighted by Crippen LogP contribution is -2.12. The Kier molecular flexibility index (Phi) is 7.87. The van der Waals surface area contributed by atoms with Crippen molar-refractivity contribution in [2.24, 2.45) is 0 Å². The molecular weight excluding hydrogens is 569 g/mol. The highest BCUT2D eigenvalue weighted by Gasteiger charge is 2.22. The van der Waals surface area contributed by atoms with Crippen LogP contribution in [0, 0.1) is 0 Å². The Labute approximate surface area is 257 Å². The third-order valence-corrected chi connectivity index (χ3v) is 9.87. The van der Waals surface area contributed by atoms with Gasteiger partial charge in [0.2, 0.25) is 0 Å². The number of hydrogen-bond acceptors (Lipinski definition) is 3. The van der Waals surface area contributed by atoms with Crippen LogP contribution < -0.4 is 4.18 Å². The molecule has 0 aromatic heterocycles. The Morgan fingerprint density at radius 3 is 1.60 bits per heavy atom. The maximum atomic E-state index is 13.2. The highest BCUT2D eigenvalue weighted by Crippen LogP contribution is 2.38. The van der Waals surface area contributed by atoms with Crippen molar-refractivity contribution in [1.82, 2.24) is 0 Å². The molecule has 0 amide bonds. The van der Waals surface area contributed by atoms with Gasteiger partial charge in [0.15, 0.2) is 9.79 Å². The Morgan fingerprint density at radius 1 is 0.535 bits per heavy atom. The van der Waals surface area contributed by atoms with Crippen LogP contribution in [0.1, 0.15) is 26.3 Å². The molecule has 5 heteroatoms. The third-order valence-electron chi connectivity index (χ3n) is 7.45. The third kappa shape index (κ3) is 6.24. The summed E-state index contributed by atoms with van der Waals surface area (Å²) in [5.74, 6) is 0.314. The molecule has 0 fully saturated rings. The molecule has 0 radical (unpaired) electrons. The second-order valence-corrected chi connectivity index (χ2v) is 14.3. The lowest BCUT2D eigenvalue weighted by molar-refractivity contribution is 0.486. The molecule has 0 bridgehead atoms. The van der Waals surface area contributed by atoms with E-state index in [0.29, 0.717) is 11.1 Å². The second-order valence-electron chi connectivity index (χ2n) is 11.5. The minimum absolute atomic E-state index is 0.0104. The highest BCUT2D eigenvalue weighted by molar-refractivity contribution is 7.87. The highest BCUT2D eigenvalue weighted by atomic mass is 32.2.